The normalized spacial score (nSPS) is 12.2. The Morgan fingerprint density at radius 1 is 1.56 bits per heavy atom. The number of ether oxygens (including phenoxy) is 1. The molecule has 100 valence electrons. The summed E-state index contributed by atoms with van der Waals surface area (Å²) in [6.45, 7) is 4.99. The molecular weight excluding hydrogens is 236 g/mol. The molecule has 0 aliphatic heterocycles. The third kappa shape index (κ3) is 4.31. The number of nitro benzene ring substituents is 1. The van der Waals surface area contributed by atoms with Gasteiger partial charge in [0.1, 0.15) is 12.4 Å². The van der Waals surface area contributed by atoms with Crippen LogP contribution in [-0.2, 0) is 6.54 Å². The van der Waals surface area contributed by atoms with E-state index in [4.69, 9.17) is 4.74 Å². The van der Waals surface area contributed by atoms with Gasteiger partial charge in [0.05, 0.1) is 11.0 Å². The minimum absolute atomic E-state index is 0.0345. The topological polar surface area (TPSA) is 84.6 Å². The Morgan fingerprint density at radius 2 is 2.28 bits per heavy atom. The van der Waals surface area contributed by atoms with Crippen molar-refractivity contribution in [3.8, 4) is 5.75 Å². The first-order valence-corrected chi connectivity index (χ1v) is 5.83. The molecule has 0 heterocycles. The van der Waals surface area contributed by atoms with Crippen molar-refractivity contribution in [3.05, 3.63) is 33.9 Å². The molecule has 0 spiro atoms. The van der Waals surface area contributed by atoms with Crippen molar-refractivity contribution in [2.45, 2.75) is 26.5 Å². The maximum atomic E-state index is 10.7. The van der Waals surface area contributed by atoms with E-state index in [1.54, 1.807) is 13.0 Å². The third-order valence-corrected chi connectivity index (χ3v) is 2.30. The molecule has 0 radical (unpaired) electrons. The van der Waals surface area contributed by atoms with Crippen LogP contribution in [0.25, 0.3) is 0 Å². The van der Waals surface area contributed by atoms with Crippen molar-refractivity contribution in [1.82, 2.24) is 5.32 Å². The van der Waals surface area contributed by atoms with Gasteiger partial charge in [0.2, 0.25) is 0 Å². The number of hydrogen-bond acceptors (Lipinski definition) is 5. The molecule has 1 unspecified atom stereocenters. The van der Waals surface area contributed by atoms with E-state index in [1.165, 1.54) is 12.1 Å². The van der Waals surface area contributed by atoms with Crippen LogP contribution in [-0.4, -0.2) is 29.3 Å². The SMILES string of the molecule is CCNCc1cc([N+](=O)[O-])ccc1OCC(C)O. The van der Waals surface area contributed by atoms with Gasteiger partial charge in [-0.1, -0.05) is 6.92 Å². The number of nitrogens with zero attached hydrogens (tertiary/aromatic N) is 1. The molecule has 1 rings (SSSR count). The second-order valence-electron chi connectivity index (χ2n) is 3.99. The number of non-ortho nitro benzene ring substituents is 1. The Morgan fingerprint density at radius 3 is 2.83 bits per heavy atom. The summed E-state index contributed by atoms with van der Waals surface area (Å²) in [6, 6.07) is 4.44. The predicted molar refractivity (Wildman–Crippen MR) is 67.7 cm³/mol. The fourth-order valence-corrected chi connectivity index (χ4v) is 1.43. The van der Waals surface area contributed by atoms with Gasteiger partial charge in [-0.15, -0.1) is 0 Å². The highest BCUT2D eigenvalue weighted by molar-refractivity contribution is 5.43. The molecule has 6 heteroatoms. The zero-order valence-electron chi connectivity index (χ0n) is 10.5. The lowest BCUT2D eigenvalue weighted by Gasteiger charge is -2.12. The second kappa shape index (κ2) is 6.93. The molecule has 0 saturated heterocycles. The van der Waals surface area contributed by atoms with Gasteiger partial charge in [-0.25, -0.2) is 0 Å². The summed E-state index contributed by atoms with van der Waals surface area (Å²) in [7, 11) is 0. The molecule has 1 aromatic rings. The van der Waals surface area contributed by atoms with Gasteiger partial charge < -0.3 is 15.2 Å². The van der Waals surface area contributed by atoms with Gasteiger partial charge >= 0.3 is 0 Å². The van der Waals surface area contributed by atoms with Gasteiger partial charge in [-0.05, 0) is 19.5 Å². The van der Waals surface area contributed by atoms with E-state index in [0.29, 0.717) is 17.9 Å². The first kappa shape index (κ1) is 14.4. The van der Waals surface area contributed by atoms with E-state index in [-0.39, 0.29) is 12.3 Å². The first-order valence-electron chi connectivity index (χ1n) is 5.83. The molecule has 1 aromatic carbocycles. The zero-order chi connectivity index (χ0) is 13.5. The largest absolute Gasteiger partial charge is 0.491 e. The van der Waals surface area contributed by atoms with E-state index in [1.807, 2.05) is 6.92 Å². The van der Waals surface area contributed by atoms with Crippen molar-refractivity contribution in [2.24, 2.45) is 0 Å². The maximum Gasteiger partial charge on any atom is 0.270 e. The number of rotatable bonds is 7. The quantitative estimate of drug-likeness (QED) is 0.568. The van der Waals surface area contributed by atoms with E-state index in [9.17, 15) is 15.2 Å². The Balaban J connectivity index is 2.89. The number of nitro groups is 1. The van der Waals surface area contributed by atoms with E-state index in [0.717, 1.165) is 6.54 Å². The van der Waals surface area contributed by atoms with E-state index in [2.05, 4.69) is 5.32 Å². The highest BCUT2D eigenvalue weighted by atomic mass is 16.6. The van der Waals surface area contributed by atoms with E-state index >= 15 is 0 Å². The monoisotopic (exact) mass is 254 g/mol. The summed E-state index contributed by atoms with van der Waals surface area (Å²) in [5, 5.41) is 23.0. The standard InChI is InChI=1S/C12H18N2O4/c1-3-13-7-10-6-11(14(16)17)4-5-12(10)18-8-9(2)15/h4-6,9,13,15H,3,7-8H2,1-2H3. The van der Waals surface area contributed by atoms with Gasteiger partial charge in [0, 0.05) is 24.2 Å². The third-order valence-electron chi connectivity index (χ3n) is 2.30. The molecule has 0 bridgehead atoms. The second-order valence-corrected chi connectivity index (χ2v) is 3.99. The van der Waals surface area contributed by atoms with Crippen molar-refractivity contribution in [2.75, 3.05) is 13.2 Å². The van der Waals surface area contributed by atoms with Gasteiger partial charge in [0.25, 0.3) is 5.69 Å². The molecular formula is C12H18N2O4. The smallest absolute Gasteiger partial charge is 0.270 e. The number of benzene rings is 1. The Hall–Kier alpha value is -1.66. The maximum absolute atomic E-state index is 10.7. The molecule has 0 saturated carbocycles. The summed E-state index contributed by atoms with van der Waals surface area (Å²) < 4.78 is 5.42. The Labute approximate surface area is 106 Å². The fraction of sp³-hybridized carbons (Fsp3) is 0.500. The van der Waals surface area contributed by atoms with Crippen LogP contribution < -0.4 is 10.1 Å². The van der Waals surface area contributed by atoms with Crippen LogP contribution in [0.3, 0.4) is 0 Å². The summed E-state index contributed by atoms with van der Waals surface area (Å²) in [4.78, 5) is 10.3. The summed E-state index contributed by atoms with van der Waals surface area (Å²) >= 11 is 0. The molecule has 0 aliphatic rings. The van der Waals surface area contributed by atoms with Gasteiger partial charge in [-0.2, -0.15) is 0 Å². The minimum atomic E-state index is -0.577. The van der Waals surface area contributed by atoms with Crippen molar-refractivity contribution < 1.29 is 14.8 Å². The van der Waals surface area contributed by atoms with Crippen LogP contribution in [0.5, 0.6) is 5.75 Å². The zero-order valence-corrected chi connectivity index (χ0v) is 10.5. The van der Waals surface area contributed by atoms with E-state index < -0.39 is 11.0 Å². The number of aliphatic hydroxyl groups is 1. The van der Waals surface area contributed by atoms with Crippen molar-refractivity contribution in [3.63, 3.8) is 0 Å². The molecule has 18 heavy (non-hydrogen) atoms. The van der Waals surface area contributed by atoms with Crippen LogP contribution >= 0.6 is 0 Å². The molecule has 0 aliphatic carbocycles. The van der Waals surface area contributed by atoms with Crippen LogP contribution in [0.4, 0.5) is 5.69 Å². The summed E-state index contributed by atoms with van der Waals surface area (Å²) in [6.07, 6.45) is -0.577. The first-order chi connectivity index (χ1) is 8.54. The molecule has 0 amide bonds. The number of aliphatic hydroxyl groups excluding tert-OH is 1. The van der Waals surface area contributed by atoms with Crippen LogP contribution in [0.1, 0.15) is 19.4 Å². The van der Waals surface area contributed by atoms with Crippen LogP contribution in [0, 0.1) is 10.1 Å². The van der Waals surface area contributed by atoms with Crippen molar-refractivity contribution in [1.29, 1.82) is 0 Å². The molecule has 2 N–H and O–H groups in total. The lowest BCUT2D eigenvalue weighted by molar-refractivity contribution is -0.384. The molecule has 6 nitrogen and oxygen atoms in total. The minimum Gasteiger partial charge on any atom is -0.491 e. The number of nitrogens with one attached hydrogen (secondary N) is 1. The van der Waals surface area contributed by atoms with Crippen molar-refractivity contribution >= 4 is 5.69 Å². The lowest BCUT2D eigenvalue weighted by Crippen LogP contribution is -2.16. The van der Waals surface area contributed by atoms with Gasteiger partial charge in [0.15, 0.2) is 0 Å². The van der Waals surface area contributed by atoms with Crippen LogP contribution in [0.2, 0.25) is 0 Å². The molecule has 0 fully saturated rings. The summed E-state index contributed by atoms with van der Waals surface area (Å²) in [5.41, 5.74) is 0.749. The van der Waals surface area contributed by atoms with Crippen LogP contribution in [0.15, 0.2) is 18.2 Å². The Bertz CT molecular complexity index is 407. The highest BCUT2D eigenvalue weighted by Crippen LogP contribution is 2.24. The fourth-order valence-electron chi connectivity index (χ4n) is 1.43. The molecule has 0 aromatic heterocycles. The summed E-state index contributed by atoms with van der Waals surface area (Å²) in [5.74, 6) is 0.558. The Kier molecular flexibility index (Phi) is 5.54. The number of hydrogen-bond donors (Lipinski definition) is 2. The molecule has 1 atom stereocenters. The van der Waals surface area contributed by atoms with Gasteiger partial charge in [-0.3, -0.25) is 10.1 Å². The average Bonchev–Trinajstić information content (AvgIpc) is 2.33. The average molecular weight is 254 g/mol. The highest BCUT2D eigenvalue weighted by Gasteiger charge is 2.12. The lowest BCUT2D eigenvalue weighted by atomic mass is 10.1. The predicted octanol–water partition coefficient (Wildman–Crippen LogP) is 1.46.